The van der Waals surface area contributed by atoms with Crippen molar-refractivity contribution in [1.29, 1.82) is 0 Å². The minimum Gasteiger partial charge on any atom is -0.484 e. The number of carbonyl (C=O) groups excluding carboxylic acids is 2. The summed E-state index contributed by atoms with van der Waals surface area (Å²) >= 11 is 7.93. The minimum absolute atomic E-state index is 0.0344. The van der Waals surface area contributed by atoms with Gasteiger partial charge in [0, 0.05) is 10.6 Å². The molecule has 0 saturated carbocycles. The maximum atomic E-state index is 13.2. The molecule has 11 heteroatoms. The molecule has 3 rings (SSSR count). The number of amides is 1. The lowest BCUT2D eigenvalue weighted by Gasteiger charge is -2.05. The van der Waals surface area contributed by atoms with Gasteiger partial charge in [0.15, 0.2) is 28.4 Å². The fourth-order valence-corrected chi connectivity index (χ4v) is 3.82. The Bertz CT molecular complexity index is 1030. The van der Waals surface area contributed by atoms with Crippen molar-refractivity contribution in [3.05, 3.63) is 64.7 Å². The van der Waals surface area contributed by atoms with E-state index >= 15 is 0 Å². The van der Waals surface area contributed by atoms with Gasteiger partial charge in [-0.05, 0) is 42.5 Å². The van der Waals surface area contributed by atoms with Gasteiger partial charge in [0.1, 0.15) is 5.75 Å². The molecule has 0 saturated heterocycles. The Balaban J connectivity index is 1.47. The van der Waals surface area contributed by atoms with Crippen LogP contribution in [0.1, 0.15) is 10.4 Å². The predicted molar refractivity (Wildman–Crippen MR) is 107 cm³/mol. The third-order valence-corrected chi connectivity index (χ3v) is 5.63. The maximum Gasteiger partial charge on any atom is 0.264 e. The molecule has 6 nitrogen and oxygen atoms in total. The zero-order valence-electron chi connectivity index (χ0n) is 14.5. The summed E-state index contributed by atoms with van der Waals surface area (Å²) in [4.78, 5) is 24.0. The lowest BCUT2D eigenvalue weighted by molar-refractivity contribution is -0.118. The number of benzene rings is 2. The summed E-state index contributed by atoms with van der Waals surface area (Å²) in [5.41, 5.74) is 0.0637. The summed E-state index contributed by atoms with van der Waals surface area (Å²) in [6.45, 7) is -0.224. The molecule has 0 aliphatic heterocycles. The summed E-state index contributed by atoms with van der Waals surface area (Å²) in [7, 11) is 0. The Morgan fingerprint density at radius 1 is 1.10 bits per heavy atom. The van der Waals surface area contributed by atoms with Gasteiger partial charge in [-0.3, -0.25) is 14.9 Å². The summed E-state index contributed by atoms with van der Waals surface area (Å²) < 4.78 is 31.9. The number of ether oxygens (including phenoxy) is 1. The number of hydrogen-bond donors (Lipinski definition) is 1. The molecule has 0 aliphatic rings. The molecular weight excluding hydrogens is 444 g/mol. The van der Waals surface area contributed by atoms with Crippen LogP contribution in [0.3, 0.4) is 0 Å². The minimum atomic E-state index is -1.08. The zero-order chi connectivity index (χ0) is 20.8. The van der Waals surface area contributed by atoms with Gasteiger partial charge in [-0.25, -0.2) is 8.78 Å². The fraction of sp³-hybridized carbons (Fsp3) is 0.111. The number of rotatable bonds is 8. The van der Waals surface area contributed by atoms with Crippen molar-refractivity contribution >= 4 is 51.5 Å². The molecule has 0 spiro atoms. The normalized spacial score (nSPS) is 10.6. The zero-order valence-corrected chi connectivity index (χ0v) is 16.9. The number of hydrogen-bond acceptors (Lipinski definition) is 7. The standard InChI is InChI=1S/C18H12ClF2N3O3S2/c19-11-2-4-12(5-3-11)27-8-16(26)22-17-23-24-18(29-17)28-9-15(25)10-1-6-13(20)14(21)7-10/h1-7H,8-9H2,(H,22,23,26). The molecule has 0 radical (unpaired) electrons. The van der Waals surface area contributed by atoms with Gasteiger partial charge in [0.25, 0.3) is 5.91 Å². The summed E-state index contributed by atoms with van der Waals surface area (Å²) in [6.07, 6.45) is 0. The van der Waals surface area contributed by atoms with Crippen molar-refractivity contribution in [1.82, 2.24) is 10.2 Å². The van der Waals surface area contributed by atoms with Crippen LogP contribution in [0.5, 0.6) is 5.75 Å². The summed E-state index contributed by atoms with van der Waals surface area (Å²) in [6, 6.07) is 9.53. The number of halogens is 3. The Kier molecular flexibility index (Phi) is 7.13. The van der Waals surface area contributed by atoms with Crippen molar-refractivity contribution in [2.75, 3.05) is 17.7 Å². The second-order valence-electron chi connectivity index (χ2n) is 5.50. The van der Waals surface area contributed by atoms with E-state index in [1.807, 2.05) is 0 Å². The first-order chi connectivity index (χ1) is 13.9. The molecule has 1 aromatic heterocycles. The lowest BCUT2D eigenvalue weighted by Crippen LogP contribution is -2.20. The van der Waals surface area contributed by atoms with Gasteiger partial charge in [-0.15, -0.1) is 10.2 Å². The van der Waals surface area contributed by atoms with Crippen LogP contribution in [0, 0.1) is 11.6 Å². The van der Waals surface area contributed by atoms with E-state index in [1.54, 1.807) is 24.3 Å². The van der Waals surface area contributed by atoms with E-state index < -0.39 is 17.5 Å². The molecule has 29 heavy (non-hydrogen) atoms. The van der Waals surface area contributed by atoms with Gasteiger partial charge in [-0.2, -0.15) is 0 Å². The molecule has 3 aromatic rings. The van der Waals surface area contributed by atoms with Crippen LogP contribution in [0.2, 0.25) is 5.02 Å². The number of carbonyl (C=O) groups is 2. The Morgan fingerprint density at radius 2 is 1.86 bits per heavy atom. The van der Waals surface area contributed by atoms with E-state index in [2.05, 4.69) is 15.5 Å². The van der Waals surface area contributed by atoms with E-state index in [-0.39, 0.29) is 28.8 Å². The first-order valence-corrected chi connectivity index (χ1v) is 10.2. The molecule has 2 aromatic carbocycles. The smallest absolute Gasteiger partial charge is 0.264 e. The Morgan fingerprint density at radius 3 is 2.59 bits per heavy atom. The molecular formula is C18H12ClF2N3O3S2. The van der Waals surface area contributed by atoms with Gasteiger partial charge in [-0.1, -0.05) is 34.7 Å². The number of aromatic nitrogens is 2. The molecule has 0 bridgehead atoms. The quantitative estimate of drug-likeness (QED) is 0.307. The molecule has 0 fully saturated rings. The topological polar surface area (TPSA) is 81.2 Å². The molecule has 150 valence electrons. The largest absolute Gasteiger partial charge is 0.484 e. The first kappa shape index (κ1) is 21.2. The summed E-state index contributed by atoms with van der Waals surface area (Å²) in [5.74, 6) is -2.44. The highest BCUT2D eigenvalue weighted by molar-refractivity contribution is 8.01. The van der Waals surface area contributed by atoms with Crippen LogP contribution in [0.15, 0.2) is 46.8 Å². The second kappa shape index (κ2) is 9.77. The number of thioether (sulfide) groups is 1. The van der Waals surface area contributed by atoms with Crippen LogP contribution >= 0.6 is 34.7 Å². The number of nitrogens with one attached hydrogen (secondary N) is 1. The molecule has 0 atom stereocenters. The number of anilines is 1. The third kappa shape index (κ3) is 6.21. The molecule has 1 amide bonds. The average molecular weight is 456 g/mol. The maximum absolute atomic E-state index is 13.2. The predicted octanol–water partition coefficient (Wildman–Crippen LogP) is 4.46. The number of ketones is 1. The van der Waals surface area contributed by atoms with E-state index in [0.717, 1.165) is 35.2 Å². The van der Waals surface area contributed by atoms with Gasteiger partial charge >= 0.3 is 0 Å². The number of nitrogens with zero attached hydrogens (tertiary/aromatic N) is 2. The van der Waals surface area contributed by atoms with Crippen LogP contribution in [-0.4, -0.2) is 34.2 Å². The van der Waals surface area contributed by atoms with Crippen molar-refractivity contribution < 1.29 is 23.1 Å². The average Bonchev–Trinajstić information content (AvgIpc) is 3.15. The Labute approximate surface area is 177 Å². The van der Waals surface area contributed by atoms with Crippen molar-refractivity contribution in [3.8, 4) is 5.75 Å². The molecule has 1 heterocycles. The SMILES string of the molecule is O=C(COc1ccc(Cl)cc1)Nc1nnc(SCC(=O)c2ccc(F)c(F)c2)s1. The highest BCUT2D eigenvalue weighted by atomic mass is 35.5. The van der Waals surface area contributed by atoms with Crippen LogP contribution < -0.4 is 10.1 Å². The van der Waals surface area contributed by atoms with Crippen LogP contribution in [-0.2, 0) is 4.79 Å². The van der Waals surface area contributed by atoms with Crippen molar-refractivity contribution in [2.24, 2.45) is 0 Å². The molecule has 1 N–H and O–H groups in total. The van der Waals surface area contributed by atoms with Crippen molar-refractivity contribution in [2.45, 2.75) is 4.34 Å². The molecule has 0 unspecified atom stereocenters. The van der Waals surface area contributed by atoms with E-state index in [9.17, 15) is 18.4 Å². The number of Topliss-reactive ketones (excluding diaryl/α,β-unsaturated/α-hetero) is 1. The van der Waals surface area contributed by atoms with E-state index in [4.69, 9.17) is 16.3 Å². The van der Waals surface area contributed by atoms with Gasteiger partial charge < -0.3 is 4.74 Å². The van der Waals surface area contributed by atoms with Crippen molar-refractivity contribution in [3.63, 3.8) is 0 Å². The van der Waals surface area contributed by atoms with E-state index in [1.165, 1.54) is 6.07 Å². The van der Waals surface area contributed by atoms with E-state index in [0.29, 0.717) is 15.1 Å². The van der Waals surface area contributed by atoms with Gasteiger partial charge in [0.05, 0.1) is 5.75 Å². The fourth-order valence-electron chi connectivity index (χ4n) is 2.03. The highest BCUT2D eigenvalue weighted by Crippen LogP contribution is 2.26. The second-order valence-corrected chi connectivity index (χ2v) is 8.14. The highest BCUT2D eigenvalue weighted by Gasteiger charge is 2.13. The third-order valence-electron chi connectivity index (χ3n) is 3.40. The van der Waals surface area contributed by atoms with Crippen LogP contribution in [0.4, 0.5) is 13.9 Å². The van der Waals surface area contributed by atoms with Crippen LogP contribution in [0.25, 0.3) is 0 Å². The summed E-state index contributed by atoms with van der Waals surface area (Å²) in [5, 5.41) is 11.0. The lowest BCUT2D eigenvalue weighted by atomic mass is 10.1. The Hall–Kier alpha value is -2.56. The first-order valence-electron chi connectivity index (χ1n) is 8.03. The van der Waals surface area contributed by atoms with Gasteiger partial charge in [0.2, 0.25) is 5.13 Å². The monoisotopic (exact) mass is 455 g/mol. The molecule has 0 aliphatic carbocycles.